The highest BCUT2D eigenvalue weighted by atomic mass is 35.5. The minimum Gasteiger partial charge on any atom is -0.385 e. The Hall–Kier alpha value is -0.730. The van der Waals surface area contributed by atoms with Gasteiger partial charge in [0.25, 0.3) is 0 Å². The van der Waals surface area contributed by atoms with Crippen LogP contribution in [0, 0.1) is 5.92 Å². The van der Waals surface area contributed by atoms with Crippen LogP contribution in [0.2, 0.25) is 5.02 Å². The lowest BCUT2D eigenvalue weighted by atomic mass is 9.94. The van der Waals surface area contributed by atoms with Crippen LogP contribution in [-0.4, -0.2) is 19.8 Å². The molecular weight excluding hydrogens is 246 g/mol. The molecule has 1 heterocycles. The molecule has 0 bridgehead atoms. The molecule has 2 rings (SSSR count). The molecule has 1 fully saturated rings. The molecular formula is C15H22ClNO. The average molecular weight is 268 g/mol. The van der Waals surface area contributed by atoms with Gasteiger partial charge in [0.1, 0.15) is 0 Å². The fraction of sp³-hybridized carbons (Fsp3) is 0.600. The summed E-state index contributed by atoms with van der Waals surface area (Å²) in [5, 5.41) is 4.21. The number of rotatable bonds is 6. The standard InChI is InChI=1S/C15H22ClNO/c16-14-5-3-6-15(12-14)17-9-2-1-4-13-7-10-18-11-8-13/h3,5-6,12-13,17H,1-2,4,7-11H2. The molecule has 1 aliphatic rings. The molecule has 3 heteroatoms. The van der Waals surface area contributed by atoms with E-state index in [9.17, 15) is 0 Å². The first-order valence-electron chi connectivity index (χ1n) is 6.92. The number of halogens is 1. The molecule has 1 aromatic carbocycles. The van der Waals surface area contributed by atoms with E-state index in [1.54, 1.807) is 0 Å². The summed E-state index contributed by atoms with van der Waals surface area (Å²) in [7, 11) is 0. The van der Waals surface area contributed by atoms with Gasteiger partial charge in [0.2, 0.25) is 0 Å². The topological polar surface area (TPSA) is 21.3 Å². The third-order valence-corrected chi connectivity index (χ3v) is 3.77. The van der Waals surface area contributed by atoms with E-state index in [2.05, 4.69) is 11.4 Å². The molecule has 1 N–H and O–H groups in total. The number of ether oxygens (including phenoxy) is 1. The molecule has 0 spiro atoms. The summed E-state index contributed by atoms with van der Waals surface area (Å²) in [6, 6.07) is 7.91. The molecule has 1 saturated heterocycles. The lowest BCUT2D eigenvalue weighted by Gasteiger charge is -2.21. The Bertz CT molecular complexity index is 350. The second kappa shape index (κ2) is 7.65. The summed E-state index contributed by atoms with van der Waals surface area (Å²) in [6.45, 7) is 2.96. The van der Waals surface area contributed by atoms with Gasteiger partial charge in [-0.3, -0.25) is 0 Å². The molecule has 0 aromatic heterocycles. The molecule has 18 heavy (non-hydrogen) atoms. The first kappa shape index (κ1) is 13.7. The second-order valence-corrected chi connectivity index (χ2v) is 5.43. The van der Waals surface area contributed by atoms with Crippen molar-refractivity contribution in [1.82, 2.24) is 0 Å². The van der Waals surface area contributed by atoms with Gasteiger partial charge in [-0.15, -0.1) is 0 Å². The molecule has 0 radical (unpaired) electrons. The van der Waals surface area contributed by atoms with Crippen LogP contribution in [0.15, 0.2) is 24.3 Å². The van der Waals surface area contributed by atoms with Crippen molar-refractivity contribution in [1.29, 1.82) is 0 Å². The first-order chi connectivity index (χ1) is 8.84. The Kier molecular flexibility index (Phi) is 5.82. The van der Waals surface area contributed by atoms with Gasteiger partial charge in [0.05, 0.1) is 0 Å². The van der Waals surface area contributed by atoms with Crippen LogP contribution in [0.1, 0.15) is 32.1 Å². The Balaban J connectivity index is 1.55. The van der Waals surface area contributed by atoms with E-state index in [1.165, 1.54) is 32.1 Å². The molecule has 1 aliphatic heterocycles. The fourth-order valence-corrected chi connectivity index (χ4v) is 2.61. The van der Waals surface area contributed by atoms with E-state index < -0.39 is 0 Å². The highest BCUT2D eigenvalue weighted by Gasteiger charge is 2.12. The van der Waals surface area contributed by atoms with Crippen molar-refractivity contribution in [3.8, 4) is 0 Å². The van der Waals surface area contributed by atoms with Crippen molar-refractivity contribution >= 4 is 17.3 Å². The molecule has 2 nitrogen and oxygen atoms in total. The SMILES string of the molecule is Clc1cccc(NCCCCC2CCOCC2)c1. The van der Waals surface area contributed by atoms with Crippen molar-refractivity contribution in [3.05, 3.63) is 29.3 Å². The number of hydrogen-bond donors (Lipinski definition) is 1. The van der Waals surface area contributed by atoms with E-state index in [4.69, 9.17) is 16.3 Å². The van der Waals surface area contributed by atoms with Crippen LogP contribution in [0.5, 0.6) is 0 Å². The zero-order chi connectivity index (χ0) is 12.6. The van der Waals surface area contributed by atoms with Crippen molar-refractivity contribution < 1.29 is 4.74 Å². The summed E-state index contributed by atoms with van der Waals surface area (Å²) in [6.07, 6.45) is 6.38. The van der Waals surface area contributed by atoms with E-state index >= 15 is 0 Å². The van der Waals surface area contributed by atoms with Gasteiger partial charge < -0.3 is 10.1 Å². The van der Waals surface area contributed by atoms with E-state index in [0.717, 1.165) is 36.4 Å². The summed E-state index contributed by atoms with van der Waals surface area (Å²) in [5.41, 5.74) is 1.12. The molecule has 0 aliphatic carbocycles. The summed E-state index contributed by atoms with van der Waals surface area (Å²) < 4.78 is 5.37. The van der Waals surface area contributed by atoms with Crippen molar-refractivity contribution in [2.24, 2.45) is 5.92 Å². The van der Waals surface area contributed by atoms with Crippen LogP contribution in [-0.2, 0) is 4.74 Å². The van der Waals surface area contributed by atoms with E-state index in [-0.39, 0.29) is 0 Å². The fourth-order valence-electron chi connectivity index (χ4n) is 2.42. The molecule has 0 unspecified atom stereocenters. The Morgan fingerprint density at radius 2 is 2.06 bits per heavy atom. The minimum absolute atomic E-state index is 0.794. The van der Waals surface area contributed by atoms with Crippen LogP contribution >= 0.6 is 11.6 Å². The molecule has 1 aromatic rings. The van der Waals surface area contributed by atoms with Gasteiger partial charge in [-0.05, 0) is 43.4 Å². The van der Waals surface area contributed by atoms with Crippen molar-refractivity contribution in [2.75, 3.05) is 25.1 Å². The van der Waals surface area contributed by atoms with Crippen LogP contribution in [0.25, 0.3) is 0 Å². The minimum atomic E-state index is 0.794. The highest BCUT2D eigenvalue weighted by Crippen LogP contribution is 2.21. The van der Waals surface area contributed by atoms with Crippen LogP contribution in [0.3, 0.4) is 0 Å². The van der Waals surface area contributed by atoms with E-state index in [1.807, 2.05) is 18.2 Å². The molecule has 0 amide bonds. The quantitative estimate of drug-likeness (QED) is 0.774. The highest BCUT2D eigenvalue weighted by molar-refractivity contribution is 6.30. The number of anilines is 1. The summed E-state index contributed by atoms with van der Waals surface area (Å²) in [4.78, 5) is 0. The molecule has 0 atom stereocenters. The number of unbranched alkanes of at least 4 members (excludes halogenated alkanes) is 1. The van der Waals surface area contributed by atoms with Gasteiger partial charge in [-0.1, -0.05) is 30.5 Å². The predicted molar refractivity (Wildman–Crippen MR) is 77.3 cm³/mol. The summed E-state index contributed by atoms with van der Waals surface area (Å²) >= 11 is 5.93. The third-order valence-electron chi connectivity index (χ3n) is 3.53. The third kappa shape index (κ3) is 4.87. The second-order valence-electron chi connectivity index (χ2n) is 4.99. The Labute approximate surface area is 115 Å². The normalized spacial score (nSPS) is 16.7. The van der Waals surface area contributed by atoms with Crippen molar-refractivity contribution in [3.63, 3.8) is 0 Å². The largest absolute Gasteiger partial charge is 0.385 e. The predicted octanol–water partition coefficient (Wildman–Crippen LogP) is 4.35. The Morgan fingerprint density at radius 3 is 2.83 bits per heavy atom. The summed E-state index contributed by atoms with van der Waals surface area (Å²) in [5.74, 6) is 0.893. The van der Waals surface area contributed by atoms with Crippen molar-refractivity contribution in [2.45, 2.75) is 32.1 Å². The van der Waals surface area contributed by atoms with Crippen LogP contribution in [0.4, 0.5) is 5.69 Å². The number of hydrogen-bond acceptors (Lipinski definition) is 2. The van der Waals surface area contributed by atoms with Gasteiger partial charge in [-0.2, -0.15) is 0 Å². The zero-order valence-corrected chi connectivity index (χ0v) is 11.6. The number of nitrogens with one attached hydrogen (secondary N) is 1. The smallest absolute Gasteiger partial charge is 0.0468 e. The lowest BCUT2D eigenvalue weighted by molar-refractivity contribution is 0.0632. The molecule has 0 saturated carbocycles. The van der Waals surface area contributed by atoms with Gasteiger partial charge in [0.15, 0.2) is 0 Å². The number of benzene rings is 1. The maximum Gasteiger partial charge on any atom is 0.0468 e. The Morgan fingerprint density at radius 1 is 1.22 bits per heavy atom. The zero-order valence-electron chi connectivity index (χ0n) is 10.8. The van der Waals surface area contributed by atoms with Gasteiger partial charge in [0, 0.05) is 30.5 Å². The monoisotopic (exact) mass is 267 g/mol. The molecule has 100 valence electrons. The average Bonchev–Trinajstić information content (AvgIpc) is 2.40. The maximum absolute atomic E-state index is 5.93. The van der Waals surface area contributed by atoms with Gasteiger partial charge >= 0.3 is 0 Å². The van der Waals surface area contributed by atoms with E-state index in [0.29, 0.717) is 0 Å². The lowest BCUT2D eigenvalue weighted by Crippen LogP contribution is -2.15. The van der Waals surface area contributed by atoms with Crippen LogP contribution < -0.4 is 5.32 Å². The van der Waals surface area contributed by atoms with Gasteiger partial charge in [-0.25, -0.2) is 0 Å². The maximum atomic E-state index is 5.93. The first-order valence-corrected chi connectivity index (χ1v) is 7.29.